The molecule has 0 radical (unpaired) electrons. The highest BCUT2D eigenvalue weighted by Gasteiger charge is 2.31. The lowest BCUT2D eigenvalue weighted by Crippen LogP contribution is -2.41. The van der Waals surface area contributed by atoms with Crippen LogP contribution in [0.4, 0.5) is 0 Å². The van der Waals surface area contributed by atoms with Crippen LogP contribution in [-0.4, -0.2) is 43.1 Å². The number of rotatable bonds is 3. The quantitative estimate of drug-likeness (QED) is 0.768. The van der Waals surface area contributed by atoms with E-state index in [0.29, 0.717) is 25.3 Å². The van der Waals surface area contributed by atoms with Gasteiger partial charge in [0.25, 0.3) is 0 Å². The van der Waals surface area contributed by atoms with E-state index in [1.54, 1.807) is 0 Å². The highest BCUT2D eigenvalue weighted by Crippen LogP contribution is 2.25. The van der Waals surface area contributed by atoms with Crippen molar-refractivity contribution < 1.29 is 18.3 Å². The SMILES string of the molecule is O=C(O)C1CCC(N[C@@H]2CCS(=O)(=O)C2)CC1. The molecule has 0 unspecified atom stereocenters. The van der Waals surface area contributed by atoms with Gasteiger partial charge in [0.15, 0.2) is 9.84 Å². The summed E-state index contributed by atoms with van der Waals surface area (Å²) in [6.45, 7) is 0. The van der Waals surface area contributed by atoms with Crippen LogP contribution >= 0.6 is 0 Å². The molecule has 5 nitrogen and oxygen atoms in total. The zero-order chi connectivity index (χ0) is 12.5. The van der Waals surface area contributed by atoms with Crippen molar-refractivity contribution in [3.05, 3.63) is 0 Å². The second-order valence-electron chi connectivity index (χ2n) is 5.15. The highest BCUT2D eigenvalue weighted by atomic mass is 32.2. The smallest absolute Gasteiger partial charge is 0.306 e. The molecule has 2 fully saturated rings. The fraction of sp³-hybridized carbons (Fsp3) is 0.909. The maximum Gasteiger partial charge on any atom is 0.306 e. The van der Waals surface area contributed by atoms with Gasteiger partial charge in [-0.1, -0.05) is 0 Å². The third-order valence-corrected chi connectivity index (χ3v) is 5.55. The van der Waals surface area contributed by atoms with Crippen molar-refractivity contribution in [2.24, 2.45) is 5.92 Å². The van der Waals surface area contributed by atoms with Gasteiger partial charge in [0, 0.05) is 12.1 Å². The molecule has 2 aliphatic rings. The summed E-state index contributed by atoms with van der Waals surface area (Å²) in [7, 11) is -2.83. The lowest BCUT2D eigenvalue weighted by molar-refractivity contribution is -0.142. The van der Waals surface area contributed by atoms with Crippen LogP contribution in [0.25, 0.3) is 0 Å². The number of nitrogens with one attached hydrogen (secondary N) is 1. The lowest BCUT2D eigenvalue weighted by Gasteiger charge is -2.29. The van der Waals surface area contributed by atoms with Gasteiger partial charge >= 0.3 is 5.97 Å². The average molecular weight is 261 g/mol. The van der Waals surface area contributed by atoms with Crippen molar-refractivity contribution >= 4 is 15.8 Å². The molecule has 0 bridgehead atoms. The van der Waals surface area contributed by atoms with Crippen molar-refractivity contribution in [3.63, 3.8) is 0 Å². The van der Waals surface area contributed by atoms with Gasteiger partial charge in [-0.25, -0.2) is 8.42 Å². The molecule has 1 saturated carbocycles. The number of aliphatic carboxylic acids is 1. The number of carbonyl (C=O) groups is 1. The summed E-state index contributed by atoms with van der Waals surface area (Å²) in [5.74, 6) is -0.381. The number of carboxylic acid groups (broad SMARTS) is 1. The van der Waals surface area contributed by atoms with Crippen LogP contribution in [0.2, 0.25) is 0 Å². The Kier molecular flexibility index (Phi) is 3.73. The fourth-order valence-electron chi connectivity index (χ4n) is 2.77. The van der Waals surface area contributed by atoms with Crippen LogP contribution in [-0.2, 0) is 14.6 Å². The van der Waals surface area contributed by atoms with Gasteiger partial charge in [-0.2, -0.15) is 0 Å². The minimum Gasteiger partial charge on any atom is -0.481 e. The van der Waals surface area contributed by atoms with E-state index in [-0.39, 0.29) is 23.5 Å². The predicted octanol–water partition coefficient (Wildman–Crippen LogP) is 0.406. The summed E-state index contributed by atoms with van der Waals surface area (Å²) in [4.78, 5) is 10.8. The summed E-state index contributed by atoms with van der Waals surface area (Å²) >= 11 is 0. The molecule has 1 aliphatic carbocycles. The van der Waals surface area contributed by atoms with Crippen LogP contribution < -0.4 is 5.32 Å². The Labute approximate surface area is 102 Å². The van der Waals surface area contributed by atoms with Crippen molar-refractivity contribution in [3.8, 4) is 0 Å². The molecule has 2 N–H and O–H groups in total. The minimum atomic E-state index is -2.83. The molecule has 1 aliphatic heterocycles. The molecular weight excluding hydrogens is 242 g/mol. The maximum atomic E-state index is 11.3. The van der Waals surface area contributed by atoms with E-state index in [1.165, 1.54) is 0 Å². The van der Waals surface area contributed by atoms with Gasteiger partial charge in [0.05, 0.1) is 17.4 Å². The number of carboxylic acids is 1. The Morgan fingerprint density at radius 2 is 1.71 bits per heavy atom. The molecule has 1 atom stereocenters. The first kappa shape index (κ1) is 12.8. The molecule has 0 spiro atoms. The Morgan fingerprint density at radius 3 is 2.18 bits per heavy atom. The van der Waals surface area contributed by atoms with Gasteiger partial charge in [-0.3, -0.25) is 4.79 Å². The standard InChI is InChI=1S/C11H19NO4S/c13-11(14)8-1-3-9(4-2-8)12-10-5-6-17(15,16)7-10/h8-10,12H,1-7H2,(H,13,14)/t8?,9?,10-/m1/s1. The molecule has 0 aromatic carbocycles. The van der Waals surface area contributed by atoms with E-state index < -0.39 is 15.8 Å². The lowest BCUT2D eigenvalue weighted by atomic mass is 9.86. The zero-order valence-corrected chi connectivity index (χ0v) is 10.6. The van der Waals surface area contributed by atoms with E-state index in [4.69, 9.17) is 5.11 Å². The normalized spacial score (nSPS) is 36.8. The second-order valence-corrected chi connectivity index (χ2v) is 7.38. The number of hydrogen-bond acceptors (Lipinski definition) is 4. The van der Waals surface area contributed by atoms with Crippen LogP contribution in [0.1, 0.15) is 32.1 Å². The van der Waals surface area contributed by atoms with Crippen LogP contribution in [0.3, 0.4) is 0 Å². The molecule has 17 heavy (non-hydrogen) atoms. The number of sulfone groups is 1. The fourth-order valence-corrected chi connectivity index (χ4v) is 4.45. The minimum absolute atomic E-state index is 0.0754. The molecule has 1 saturated heterocycles. The van der Waals surface area contributed by atoms with Crippen molar-refractivity contribution in [2.75, 3.05) is 11.5 Å². The monoisotopic (exact) mass is 261 g/mol. The Hall–Kier alpha value is -0.620. The van der Waals surface area contributed by atoms with Gasteiger partial charge in [-0.15, -0.1) is 0 Å². The Balaban J connectivity index is 1.77. The van der Waals surface area contributed by atoms with Crippen molar-refractivity contribution in [2.45, 2.75) is 44.2 Å². The first-order chi connectivity index (χ1) is 7.96. The van der Waals surface area contributed by atoms with Crippen molar-refractivity contribution in [1.29, 1.82) is 0 Å². The van der Waals surface area contributed by atoms with Crippen molar-refractivity contribution in [1.82, 2.24) is 5.32 Å². The molecule has 98 valence electrons. The van der Waals surface area contributed by atoms with E-state index in [2.05, 4.69) is 5.32 Å². The van der Waals surface area contributed by atoms with E-state index in [0.717, 1.165) is 12.8 Å². The highest BCUT2D eigenvalue weighted by molar-refractivity contribution is 7.91. The summed E-state index contributed by atoms with van der Waals surface area (Å²) in [5, 5.41) is 12.2. The molecular formula is C11H19NO4S. The van der Waals surface area contributed by atoms with E-state index in [9.17, 15) is 13.2 Å². The van der Waals surface area contributed by atoms with E-state index in [1.807, 2.05) is 0 Å². The molecule has 0 amide bonds. The second kappa shape index (κ2) is 4.94. The van der Waals surface area contributed by atoms with Gasteiger partial charge in [-0.05, 0) is 32.1 Å². The average Bonchev–Trinajstić information content (AvgIpc) is 2.59. The molecule has 1 heterocycles. The maximum absolute atomic E-state index is 11.3. The van der Waals surface area contributed by atoms with Gasteiger partial charge in [0.2, 0.25) is 0 Å². The third-order valence-electron chi connectivity index (χ3n) is 3.78. The van der Waals surface area contributed by atoms with Crippen LogP contribution in [0.5, 0.6) is 0 Å². The molecule has 0 aromatic heterocycles. The predicted molar refractivity (Wildman–Crippen MR) is 63.6 cm³/mol. The molecule has 2 rings (SSSR count). The molecule has 6 heteroatoms. The zero-order valence-electron chi connectivity index (χ0n) is 9.76. The first-order valence-electron chi connectivity index (χ1n) is 6.15. The Morgan fingerprint density at radius 1 is 1.06 bits per heavy atom. The molecule has 0 aromatic rings. The topological polar surface area (TPSA) is 83.5 Å². The first-order valence-corrected chi connectivity index (χ1v) is 7.98. The van der Waals surface area contributed by atoms with E-state index >= 15 is 0 Å². The third kappa shape index (κ3) is 3.42. The summed E-state index contributed by atoms with van der Waals surface area (Å²) in [5.41, 5.74) is 0. The number of hydrogen-bond donors (Lipinski definition) is 2. The van der Waals surface area contributed by atoms with Gasteiger partial charge in [0.1, 0.15) is 0 Å². The Bertz CT molecular complexity index is 384. The van der Waals surface area contributed by atoms with Crippen LogP contribution in [0, 0.1) is 5.92 Å². The summed E-state index contributed by atoms with van der Waals surface area (Å²) in [6.07, 6.45) is 3.78. The summed E-state index contributed by atoms with van der Waals surface area (Å²) < 4.78 is 22.6. The largest absolute Gasteiger partial charge is 0.481 e. The summed E-state index contributed by atoms with van der Waals surface area (Å²) in [6, 6.07) is 0.371. The van der Waals surface area contributed by atoms with Gasteiger partial charge < -0.3 is 10.4 Å². The van der Waals surface area contributed by atoms with Crippen LogP contribution in [0.15, 0.2) is 0 Å².